The van der Waals surface area contributed by atoms with Gasteiger partial charge in [-0.05, 0) is 49.4 Å². The van der Waals surface area contributed by atoms with Crippen molar-refractivity contribution in [3.63, 3.8) is 0 Å². The molecule has 2 aromatic rings. The average Bonchev–Trinajstić information content (AvgIpc) is 2.72. The number of nitrogens with one attached hydrogen (secondary N) is 1. The lowest BCUT2D eigenvalue weighted by atomic mass is 9.88. The molecular formula is C22H25NO5. The Morgan fingerprint density at radius 3 is 2.50 bits per heavy atom. The van der Waals surface area contributed by atoms with Crippen molar-refractivity contribution in [1.29, 1.82) is 0 Å². The van der Waals surface area contributed by atoms with Crippen molar-refractivity contribution >= 4 is 11.9 Å². The summed E-state index contributed by atoms with van der Waals surface area (Å²) in [6.07, 6.45) is 2.93. The number of fused-ring (bicyclic) bond motifs is 1. The molecule has 1 unspecified atom stereocenters. The first kappa shape index (κ1) is 19.7. The zero-order chi connectivity index (χ0) is 19.8. The Morgan fingerprint density at radius 1 is 1.00 bits per heavy atom. The van der Waals surface area contributed by atoms with Crippen LogP contribution in [-0.4, -0.2) is 31.7 Å². The van der Waals surface area contributed by atoms with Crippen molar-refractivity contribution in [3.8, 4) is 11.5 Å². The quantitative estimate of drug-likeness (QED) is 0.709. The third-order valence-electron chi connectivity index (χ3n) is 4.56. The van der Waals surface area contributed by atoms with Gasteiger partial charge in [0.25, 0.3) is 5.91 Å². The number of carbonyl (C=O) groups excluding carboxylic acids is 2. The smallest absolute Gasteiger partial charge is 0.344 e. The molecule has 1 atom stereocenters. The summed E-state index contributed by atoms with van der Waals surface area (Å²) in [6, 6.07) is 15.2. The Hall–Kier alpha value is -3.02. The Bertz CT molecular complexity index is 820. The van der Waals surface area contributed by atoms with Crippen molar-refractivity contribution < 1.29 is 23.8 Å². The van der Waals surface area contributed by atoms with Crippen LogP contribution < -0.4 is 14.8 Å². The molecule has 0 spiro atoms. The molecule has 0 aliphatic heterocycles. The van der Waals surface area contributed by atoms with Gasteiger partial charge in [-0.25, -0.2) is 4.79 Å². The second-order valence-corrected chi connectivity index (χ2v) is 6.54. The molecule has 0 heterocycles. The standard InChI is InChI=1S/C22H25NO5/c1-2-26-19-12-5-6-13-20(19)27-15-22(25)28-14-21(24)23-18-11-7-9-16-8-3-4-10-17(16)18/h3-6,8,10,12-13,18H,2,7,9,11,14-15H2,1H3,(H,23,24). The number of rotatable bonds is 8. The molecule has 6 heteroatoms. The number of carbonyl (C=O) groups is 2. The molecule has 28 heavy (non-hydrogen) atoms. The first-order valence-electron chi connectivity index (χ1n) is 9.54. The summed E-state index contributed by atoms with van der Waals surface area (Å²) in [6.45, 7) is 1.75. The summed E-state index contributed by atoms with van der Waals surface area (Å²) >= 11 is 0. The number of hydrogen-bond donors (Lipinski definition) is 1. The highest BCUT2D eigenvalue weighted by molar-refractivity contribution is 5.81. The number of aryl methyl sites for hydroxylation is 1. The van der Waals surface area contributed by atoms with E-state index in [9.17, 15) is 9.59 Å². The summed E-state index contributed by atoms with van der Waals surface area (Å²) < 4.78 is 15.9. The molecule has 1 aliphatic rings. The fraction of sp³-hybridized carbons (Fsp3) is 0.364. The zero-order valence-electron chi connectivity index (χ0n) is 16.0. The Kier molecular flexibility index (Phi) is 6.89. The van der Waals surface area contributed by atoms with E-state index in [-0.39, 0.29) is 25.2 Å². The predicted molar refractivity (Wildman–Crippen MR) is 104 cm³/mol. The van der Waals surface area contributed by atoms with Crippen LogP contribution in [0.1, 0.15) is 36.9 Å². The molecule has 148 valence electrons. The Balaban J connectivity index is 1.45. The minimum absolute atomic E-state index is 0.0366. The van der Waals surface area contributed by atoms with Gasteiger partial charge in [0.1, 0.15) is 0 Å². The van der Waals surface area contributed by atoms with Gasteiger partial charge in [-0.3, -0.25) is 4.79 Å². The average molecular weight is 383 g/mol. The van der Waals surface area contributed by atoms with Crippen LogP contribution in [-0.2, 0) is 20.7 Å². The number of hydrogen-bond acceptors (Lipinski definition) is 5. The van der Waals surface area contributed by atoms with Crippen LogP contribution in [0.25, 0.3) is 0 Å². The van der Waals surface area contributed by atoms with E-state index in [0.29, 0.717) is 18.1 Å². The molecule has 0 fully saturated rings. The lowest BCUT2D eigenvalue weighted by Crippen LogP contribution is -2.34. The Labute approximate surface area is 164 Å². The molecule has 1 N–H and O–H groups in total. The minimum atomic E-state index is -0.606. The van der Waals surface area contributed by atoms with Crippen molar-refractivity contribution in [1.82, 2.24) is 5.32 Å². The Morgan fingerprint density at radius 2 is 1.71 bits per heavy atom. The molecule has 0 aromatic heterocycles. The maximum absolute atomic E-state index is 12.2. The number of amides is 1. The van der Waals surface area contributed by atoms with Crippen LogP contribution >= 0.6 is 0 Å². The van der Waals surface area contributed by atoms with Crippen LogP contribution in [0.15, 0.2) is 48.5 Å². The summed E-state index contributed by atoms with van der Waals surface area (Å²) in [5.74, 6) is 0.103. The molecule has 1 amide bonds. The van der Waals surface area contributed by atoms with Crippen LogP contribution in [0.4, 0.5) is 0 Å². The third kappa shape index (κ3) is 5.25. The van der Waals surface area contributed by atoms with Crippen LogP contribution in [0.3, 0.4) is 0 Å². The highest BCUT2D eigenvalue weighted by Gasteiger charge is 2.21. The van der Waals surface area contributed by atoms with E-state index >= 15 is 0 Å². The number of esters is 1. The molecule has 3 rings (SSSR count). The first-order chi connectivity index (χ1) is 13.7. The predicted octanol–water partition coefficient (Wildman–Crippen LogP) is 3.20. The van der Waals surface area contributed by atoms with Crippen molar-refractivity contribution in [2.45, 2.75) is 32.2 Å². The fourth-order valence-corrected chi connectivity index (χ4v) is 3.31. The van der Waals surface area contributed by atoms with Crippen LogP contribution in [0.2, 0.25) is 0 Å². The van der Waals surface area contributed by atoms with Gasteiger partial charge in [0.05, 0.1) is 12.6 Å². The van der Waals surface area contributed by atoms with Crippen molar-refractivity contribution in [3.05, 3.63) is 59.7 Å². The second-order valence-electron chi connectivity index (χ2n) is 6.54. The zero-order valence-corrected chi connectivity index (χ0v) is 16.0. The monoisotopic (exact) mass is 383 g/mol. The number of para-hydroxylation sites is 2. The van der Waals surface area contributed by atoms with Gasteiger partial charge in [-0.15, -0.1) is 0 Å². The van der Waals surface area contributed by atoms with Crippen molar-refractivity contribution in [2.75, 3.05) is 19.8 Å². The molecule has 0 saturated carbocycles. The van der Waals surface area contributed by atoms with Crippen LogP contribution in [0.5, 0.6) is 11.5 Å². The first-order valence-corrected chi connectivity index (χ1v) is 9.54. The summed E-state index contributed by atoms with van der Waals surface area (Å²) in [7, 11) is 0. The molecule has 0 radical (unpaired) electrons. The molecule has 0 saturated heterocycles. The van der Waals surface area contributed by atoms with E-state index < -0.39 is 5.97 Å². The van der Waals surface area contributed by atoms with E-state index in [1.807, 2.05) is 31.2 Å². The normalized spacial score (nSPS) is 15.2. The minimum Gasteiger partial charge on any atom is -0.490 e. The second kappa shape index (κ2) is 9.78. The van der Waals surface area contributed by atoms with Gasteiger partial charge >= 0.3 is 5.97 Å². The fourth-order valence-electron chi connectivity index (χ4n) is 3.31. The summed E-state index contributed by atoms with van der Waals surface area (Å²) in [5, 5.41) is 2.95. The maximum Gasteiger partial charge on any atom is 0.344 e. The topological polar surface area (TPSA) is 73.9 Å². The largest absolute Gasteiger partial charge is 0.490 e. The van der Waals surface area contributed by atoms with Gasteiger partial charge < -0.3 is 19.5 Å². The van der Waals surface area contributed by atoms with Crippen LogP contribution in [0, 0.1) is 0 Å². The molecule has 2 aromatic carbocycles. The molecular weight excluding hydrogens is 358 g/mol. The lowest BCUT2D eigenvalue weighted by Gasteiger charge is -2.26. The highest BCUT2D eigenvalue weighted by atomic mass is 16.6. The maximum atomic E-state index is 12.2. The molecule has 1 aliphatic carbocycles. The third-order valence-corrected chi connectivity index (χ3v) is 4.56. The van der Waals surface area contributed by atoms with E-state index in [4.69, 9.17) is 14.2 Å². The number of benzene rings is 2. The van der Waals surface area contributed by atoms with Gasteiger partial charge in [0.2, 0.25) is 0 Å². The lowest BCUT2D eigenvalue weighted by molar-refractivity contribution is -0.150. The van der Waals surface area contributed by atoms with Crippen molar-refractivity contribution in [2.24, 2.45) is 0 Å². The van der Waals surface area contributed by atoms with Gasteiger partial charge in [-0.1, -0.05) is 36.4 Å². The highest BCUT2D eigenvalue weighted by Crippen LogP contribution is 2.29. The van der Waals surface area contributed by atoms with E-state index in [2.05, 4.69) is 11.4 Å². The molecule has 0 bridgehead atoms. The van der Waals surface area contributed by atoms with E-state index in [1.165, 1.54) is 5.56 Å². The summed E-state index contributed by atoms with van der Waals surface area (Å²) in [5.41, 5.74) is 2.40. The number of ether oxygens (including phenoxy) is 3. The molecule has 6 nitrogen and oxygen atoms in total. The van der Waals surface area contributed by atoms with E-state index in [0.717, 1.165) is 24.8 Å². The SMILES string of the molecule is CCOc1ccccc1OCC(=O)OCC(=O)NC1CCCc2ccccc21. The van der Waals surface area contributed by atoms with Gasteiger partial charge in [0.15, 0.2) is 24.7 Å². The van der Waals surface area contributed by atoms with Gasteiger partial charge in [-0.2, -0.15) is 0 Å². The van der Waals surface area contributed by atoms with E-state index in [1.54, 1.807) is 18.2 Å². The summed E-state index contributed by atoms with van der Waals surface area (Å²) in [4.78, 5) is 24.1. The van der Waals surface area contributed by atoms with Gasteiger partial charge in [0, 0.05) is 0 Å².